The van der Waals surface area contributed by atoms with Crippen molar-refractivity contribution < 1.29 is 9.18 Å². The number of anilines is 1. The third-order valence-corrected chi connectivity index (χ3v) is 4.79. The third kappa shape index (κ3) is 5.43. The fraction of sp³-hybridized carbons (Fsp3) is 0.316. The van der Waals surface area contributed by atoms with E-state index >= 15 is 0 Å². The van der Waals surface area contributed by atoms with Crippen LogP contribution in [0.2, 0.25) is 10.0 Å². The molecule has 0 aromatic heterocycles. The first-order valence-corrected chi connectivity index (χ1v) is 8.91. The van der Waals surface area contributed by atoms with Gasteiger partial charge >= 0.3 is 0 Å². The topological polar surface area (TPSA) is 32.3 Å². The molecule has 0 saturated heterocycles. The normalized spacial score (nSPS) is 12.2. The second-order valence-corrected chi connectivity index (χ2v) is 6.57. The highest BCUT2D eigenvalue weighted by molar-refractivity contribution is 6.39. The van der Waals surface area contributed by atoms with Gasteiger partial charge in [0.1, 0.15) is 5.82 Å². The Morgan fingerprint density at radius 3 is 2.32 bits per heavy atom. The maximum absolute atomic E-state index is 13.1. The lowest BCUT2D eigenvalue weighted by Crippen LogP contribution is -2.30. The van der Waals surface area contributed by atoms with Crippen molar-refractivity contribution in [3.8, 4) is 0 Å². The van der Waals surface area contributed by atoms with E-state index in [9.17, 15) is 9.18 Å². The van der Waals surface area contributed by atoms with Crippen LogP contribution in [-0.2, 0) is 4.79 Å². The van der Waals surface area contributed by atoms with E-state index in [-0.39, 0.29) is 17.8 Å². The summed E-state index contributed by atoms with van der Waals surface area (Å²) in [6.07, 6.45) is 0.306. The fourth-order valence-electron chi connectivity index (χ4n) is 2.64. The Hall–Kier alpha value is -1.62. The smallest absolute Gasteiger partial charge is 0.225 e. The number of carbonyl (C=O) groups is 1. The second kappa shape index (κ2) is 9.18. The standard InChI is InChI=1S/C19H21Cl2FN2O/c1-3-24(13(2)14-7-9-15(22)10-8-14)12-11-18(25)23-19-16(20)5-4-6-17(19)21/h4-10,13H,3,11-12H2,1-2H3,(H,23,25). The zero-order valence-electron chi connectivity index (χ0n) is 14.2. The molecule has 0 aliphatic carbocycles. The summed E-state index contributed by atoms with van der Waals surface area (Å²) in [5, 5.41) is 3.59. The van der Waals surface area contributed by atoms with E-state index in [0.717, 1.165) is 12.1 Å². The highest BCUT2D eigenvalue weighted by Crippen LogP contribution is 2.30. The summed E-state index contributed by atoms with van der Waals surface area (Å²) in [6.45, 7) is 5.42. The minimum absolute atomic E-state index is 0.0855. The Bertz CT molecular complexity index is 702. The maximum atomic E-state index is 13.1. The van der Waals surface area contributed by atoms with Crippen LogP contribution in [0.4, 0.5) is 10.1 Å². The Kier molecular flexibility index (Phi) is 7.24. The number of para-hydroxylation sites is 1. The molecule has 0 saturated carbocycles. The summed E-state index contributed by atoms with van der Waals surface area (Å²) >= 11 is 12.1. The first-order valence-electron chi connectivity index (χ1n) is 8.15. The van der Waals surface area contributed by atoms with Gasteiger partial charge in [0.15, 0.2) is 0 Å². The van der Waals surface area contributed by atoms with E-state index < -0.39 is 0 Å². The number of halogens is 3. The van der Waals surface area contributed by atoms with Crippen molar-refractivity contribution in [2.24, 2.45) is 0 Å². The average Bonchev–Trinajstić information content (AvgIpc) is 2.59. The Morgan fingerprint density at radius 1 is 1.16 bits per heavy atom. The zero-order chi connectivity index (χ0) is 18.4. The predicted octanol–water partition coefficient (Wildman–Crippen LogP) is 5.54. The molecule has 25 heavy (non-hydrogen) atoms. The van der Waals surface area contributed by atoms with Gasteiger partial charge in [-0.1, -0.05) is 48.3 Å². The van der Waals surface area contributed by atoms with Gasteiger partial charge in [-0.05, 0) is 43.3 Å². The summed E-state index contributed by atoms with van der Waals surface area (Å²) in [7, 11) is 0. The largest absolute Gasteiger partial charge is 0.324 e. The van der Waals surface area contributed by atoms with Gasteiger partial charge in [-0.15, -0.1) is 0 Å². The average molecular weight is 383 g/mol. The molecule has 1 unspecified atom stereocenters. The molecule has 0 bridgehead atoms. The number of nitrogens with zero attached hydrogens (tertiary/aromatic N) is 1. The van der Waals surface area contributed by atoms with Crippen LogP contribution < -0.4 is 5.32 Å². The third-order valence-electron chi connectivity index (χ3n) is 4.16. The molecule has 2 aromatic carbocycles. The van der Waals surface area contributed by atoms with Crippen molar-refractivity contribution in [2.75, 3.05) is 18.4 Å². The van der Waals surface area contributed by atoms with Gasteiger partial charge in [-0.3, -0.25) is 9.69 Å². The van der Waals surface area contributed by atoms with Crippen LogP contribution in [0.5, 0.6) is 0 Å². The molecule has 2 aromatic rings. The number of amides is 1. The molecule has 0 aliphatic rings. The number of hydrogen-bond donors (Lipinski definition) is 1. The van der Waals surface area contributed by atoms with Crippen molar-refractivity contribution in [1.29, 1.82) is 0 Å². The molecule has 0 aliphatic heterocycles. The zero-order valence-corrected chi connectivity index (χ0v) is 15.7. The van der Waals surface area contributed by atoms with Crippen molar-refractivity contribution in [3.63, 3.8) is 0 Å². The Morgan fingerprint density at radius 2 is 1.76 bits per heavy atom. The maximum Gasteiger partial charge on any atom is 0.225 e. The van der Waals surface area contributed by atoms with Crippen LogP contribution in [0.15, 0.2) is 42.5 Å². The SMILES string of the molecule is CCN(CCC(=O)Nc1c(Cl)cccc1Cl)C(C)c1ccc(F)cc1. The van der Waals surface area contributed by atoms with Crippen molar-refractivity contribution >= 4 is 34.8 Å². The highest BCUT2D eigenvalue weighted by atomic mass is 35.5. The van der Waals surface area contributed by atoms with E-state index in [0.29, 0.717) is 28.7 Å². The molecule has 3 nitrogen and oxygen atoms in total. The van der Waals surface area contributed by atoms with Crippen LogP contribution in [-0.4, -0.2) is 23.9 Å². The minimum atomic E-state index is -0.255. The molecular formula is C19H21Cl2FN2O. The van der Waals surface area contributed by atoms with Crippen LogP contribution in [0.1, 0.15) is 31.9 Å². The van der Waals surface area contributed by atoms with E-state index in [4.69, 9.17) is 23.2 Å². The molecule has 0 spiro atoms. The number of hydrogen-bond acceptors (Lipinski definition) is 2. The summed E-state index contributed by atoms with van der Waals surface area (Å²) in [5.41, 5.74) is 1.45. The van der Waals surface area contributed by atoms with Gasteiger partial charge in [-0.25, -0.2) is 4.39 Å². The second-order valence-electron chi connectivity index (χ2n) is 5.75. The monoisotopic (exact) mass is 382 g/mol. The van der Waals surface area contributed by atoms with Gasteiger partial charge in [0.05, 0.1) is 15.7 Å². The van der Waals surface area contributed by atoms with Crippen molar-refractivity contribution in [2.45, 2.75) is 26.3 Å². The van der Waals surface area contributed by atoms with Gasteiger partial charge in [-0.2, -0.15) is 0 Å². The number of carbonyl (C=O) groups excluding carboxylic acids is 1. The number of rotatable bonds is 7. The van der Waals surface area contributed by atoms with Gasteiger partial charge in [0, 0.05) is 19.0 Å². The molecule has 6 heteroatoms. The van der Waals surface area contributed by atoms with Crippen LogP contribution in [0.3, 0.4) is 0 Å². The van der Waals surface area contributed by atoms with E-state index in [1.807, 2.05) is 13.8 Å². The Labute approximate surface area is 157 Å². The molecule has 134 valence electrons. The summed E-state index contributed by atoms with van der Waals surface area (Å²) in [5.74, 6) is -0.408. The molecule has 0 fully saturated rings. The molecule has 0 heterocycles. The van der Waals surface area contributed by atoms with Crippen LogP contribution in [0.25, 0.3) is 0 Å². The summed E-state index contributed by atoms with van der Waals surface area (Å²) < 4.78 is 13.1. The van der Waals surface area contributed by atoms with E-state index in [1.54, 1.807) is 30.3 Å². The van der Waals surface area contributed by atoms with Crippen molar-refractivity contribution in [1.82, 2.24) is 4.90 Å². The lowest BCUT2D eigenvalue weighted by atomic mass is 10.1. The van der Waals surface area contributed by atoms with Gasteiger partial charge < -0.3 is 5.32 Å². The quantitative estimate of drug-likeness (QED) is 0.681. The van der Waals surface area contributed by atoms with Gasteiger partial charge in [0.2, 0.25) is 5.91 Å². The lowest BCUT2D eigenvalue weighted by molar-refractivity contribution is -0.116. The highest BCUT2D eigenvalue weighted by Gasteiger charge is 2.16. The van der Waals surface area contributed by atoms with Gasteiger partial charge in [0.25, 0.3) is 0 Å². The predicted molar refractivity (Wildman–Crippen MR) is 102 cm³/mol. The van der Waals surface area contributed by atoms with E-state index in [1.165, 1.54) is 12.1 Å². The number of benzene rings is 2. The molecular weight excluding hydrogens is 362 g/mol. The van der Waals surface area contributed by atoms with Crippen LogP contribution in [0, 0.1) is 5.82 Å². The minimum Gasteiger partial charge on any atom is -0.324 e. The number of nitrogens with one attached hydrogen (secondary N) is 1. The molecule has 1 amide bonds. The summed E-state index contributed by atoms with van der Waals surface area (Å²) in [4.78, 5) is 14.4. The molecule has 2 rings (SSSR count). The Balaban J connectivity index is 1.95. The van der Waals surface area contributed by atoms with Crippen LogP contribution >= 0.6 is 23.2 Å². The molecule has 1 atom stereocenters. The summed E-state index contributed by atoms with van der Waals surface area (Å²) in [6, 6.07) is 11.6. The molecule has 1 N–H and O–H groups in total. The lowest BCUT2D eigenvalue weighted by Gasteiger charge is -2.28. The first kappa shape index (κ1) is 19.7. The van der Waals surface area contributed by atoms with E-state index in [2.05, 4.69) is 10.2 Å². The fourth-order valence-corrected chi connectivity index (χ4v) is 3.13. The van der Waals surface area contributed by atoms with Crippen molar-refractivity contribution in [3.05, 3.63) is 63.9 Å². The first-order chi connectivity index (χ1) is 11.9. The molecule has 0 radical (unpaired) electrons.